The van der Waals surface area contributed by atoms with Gasteiger partial charge in [0.15, 0.2) is 11.5 Å². The third kappa shape index (κ3) is 3.59. The van der Waals surface area contributed by atoms with Crippen molar-refractivity contribution in [1.29, 1.82) is 0 Å². The fraction of sp³-hybridized carbons (Fsp3) is 0.120. The molecule has 3 aromatic carbocycles. The molecule has 3 aromatic rings. The number of anilines is 1. The number of aryl methyl sites for hydroxylation is 1. The summed E-state index contributed by atoms with van der Waals surface area (Å²) in [6.07, 6.45) is 0. The molecule has 2 aliphatic rings. The van der Waals surface area contributed by atoms with Gasteiger partial charge in [0.25, 0.3) is 11.8 Å². The molecule has 0 fully saturated rings. The Bertz CT molecular complexity index is 1270. The second-order valence-electron chi connectivity index (χ2n) is 7.58. The number of benzene rings is 3. The number of imide groups is 1. The van der Waals surface area contributed by atoms with E-state index in [4.69, 9.17) is 21.1 Å². The molecule has 0 aromatic heterocycles. The van der Waals surface area contributed by atoms with E-state index < -0.39 is 5.91 Å². The molecule has 0 bridgehead atoms. The zero-order chi connectivity index (χ0) is 22.2. The van der Waals surface area contributed by atoms with Gasteiger partial charge in [-0.1, -0.05) is 54.1 Å². The molecule has 2 aliphatic heterocycles. The molecule has 0 unspecified atom stereocenters. The van der Waals surface area contributed by atoms with E-state index in [0.717, 1.165) is 11.1 Å². The van der Waals surface area contributed by atoms with Gasteiger partial charge in [0.2, 0.25) is 6.79 Å². The van der Waals surface area contributed by atoms with Gasteiger partial charge in [0.1, 0.15) is 5.70 Å². The van der Waals surface area contributed by atoms with Crippen molar-refractivity contribution in [2.45, 2.75) is 13.5 Å². The van der Waals surface area contributed by atoms with E-state index in [1.165, 1.54) is 4.90 Å². The Kier molecular flexibility index (Phi) is 5.07. The summed E-state index contributed by atoms with van der Waals surface area (Å²) in [5.74, 6) is 0.493. The number of ether oxygens (including phenoxy) is 2. The summed E-state index contributed by atoms with van der Waals surface area (Å²) in [7, 11) is 0. The number of rotatable bonds is 5. The van der Waals surface area contributed by atoms with Crippen molar-refractivity contribution in [3.8, 4) is 11.5 Å². The van der Waals surface area contributed by atoms with Crippen molar-refractivity contribution in [3.05, 3.63) is 94.1 Å². The van der Waals surface area contributed by atoms with Crippen molar-refractivity contribution < 1.29 is 19.1 Å². The predicted molar refractivity (Wildman–Crippen MR) is 121 cm³/mol. The Morgan fingerprint density at radius 3 is 2.53 bits per heavy atom. The van der Waals surface area contributed by atoms with E-state index in [9.17, 15) is 9.59 Å². The highest BCUT2D eigenvalue weighted by molar-refractivity contribution is 6.36. The van der Waals surface area contributed by atoms with Crippen molar-refractivity contribution in [2.24, 2.45) is 0 Å². The number of carbonyl (C=O) groups is 2. The fourth-order valence-corrected chi connectivity index (χ4v) is 3.97. The monoisotopic (exact) mass is 446 g/mol. The van der Waals surface area contributed by atoms with E-state index >= 15 is 0 Å². The van der Waals surface area contributed by atoms with E-state index in [0.29, 0.717) is 33.3 Å². The van der Waals surface area contributed by atoms with Crippen LogP contribution in [-0.2, 0) is 16.1 Å². The second kappa shape index (κ2) is 8.05. The van der Waals surface area contributed by atoms with Crippen molar-refractivity contribution in [3.63, 3.8) is 0 Å². The predicted octanol–water partition coefficient (Wildman–Crippen LogP) is 4.77. The molecule has 0 aliphatic carbocycles. The number of carbonyl (C=O) groups excluding carboxylic acids is 2. The van der Waals surface area contributed by atoms with Crippen LogP contribution in [0.2, 0.25) is 5.02 Å². The standard InChI is InChI=1S/C25H19ClN2O4/c1-15-7-9-18(26)12-19(15)27-23-22(17-5-3-2-4-6-17)24(29)28(25(23)30)13-16-8-10-20-21(11-16)32-14-31-20/h2-12,27H,13-14H2,1H3. The van der Waals surface area contributed by atoms with Crippen molar-refractivity contribution >= 4 is 34.7 Å². The molecule has 5 rings (SSSR count). The minimum atomic E-state index is -0.397. The van der Waals surface area contributed by atoms with Crippen molar-refractivity contribution in [1.82, 2.24) is 4.90 Å². The topological polar surface area (TPSA) is 67.9 Å². The molecular weight excluding hydrogens is 428 g/mol. The van der Waals surface area contributed by atoms with Gasteiger partial charge in [-0.15, -0.1) is 0 Å². The molecule has 0 saturated heterocycles. The van der Waals surface area contributed by atoms with Gasteiger partial charge in [-0.2, -0.15) is 0 Å². The highest BCUT2D eigenvalue weighted by atomic mass is 35.5. The lowest BCUT2D eigenvalue weighted by molar-refractivity contribution is -0.137. The van der Waals surface area contributed by atoms with Crippen LogP contribution >= 0.6 is 11.6 Å². The van der Waals surface area contributed by atoms with Crippen LogP contribution in [0, 0.1) is 6.92 Å². The summed E-state index contributed by atoms with van der Waals surface area (Å²) in [5, 5.41) is 3.71. The number of amides is 2. The van der Waals surface area contributed by atoms with Gasteiger partial charge >= 0.3 is 0 Å². The number of hydrogen-bond donors (Lipinski definition) is 1. The minimum Gasteiger partial charge on any atom is -0.454 e. The third-order valence-corrected chi connectivity index (χ3v) is 5.70. The Balaban J connectivity index is 1.52. The maximum Gasteiger partial charge on any atom is 0.278 e. The van der Waals surface area contributed by atoms with Gasteiger partial charge in [-0.3, -0.25) is 14.5 Å². The Morgan fingerprint density at radius 1 is 0.938 bits per heavy atom. The number of nitrogens with zero attached hydrogens (tertiary/aromatic N) is 1. The summed E-state index contributed by atoms with van der Waals surface area (Å²) in [6, 6.07) is 19.9. The Hall–Kier alpha value is -3.77. The molecule has 2 amide bonds. The largest absolute Gasteiger partial charge is 0.454 e. The van der Waals surface area contributed by atoms with E-state index in [2.05, 4.69) is 5.32 Å². The van der Waals surface area contributed by atoms with Crippen LogP contribution in [0.5, 0.6) is 11.5 Å². The normalized spacial score (nSPS) is 15.0. The van der Waals surface area contributed by atoms with Crippen LogP contribution in [0.25, 0.3) is 5.57 Å². The van der Waals surface area contributed by atoms with Crippen LogP contribution in [0.4, 0.5) is 5.69 Å². The van der Waals surface area contributed by atoms with E-state index in [1.807, 2.05) is 49.4 Å². The molecular formula is C25H19ClN2O4. The van der Waals surface area contributed by atoms with Crippen LogP contribution in [0.1, 0.15) is 16.7 Å². The molecule has 0 atom stereocenters. The first-order chi connectivity index (χ1) is 15.5. The summed E-state index contributed by atoms with van der Waals surface area (Å²) in [6.45, 7) is 2.19. The first-order valence-corrected chi connectivity index (χ1v) is 10.5. The quantitative estimate of drug-likeness (QED) is 0.572. The van der Waals surface area contributed by atoms with E-state index in [1.54, 1.807) is 24.3 Å². The van der Waals surface area contributed by atoms with Gasteiger partial charge in [0, 0.05) is 10.7 Å². The molecule has 160 valence electrons. The first kappa shape index (κ1) is 20.2. The summed E-state index contributed by atoms with van der Waals surface area (Å²) < 4.78 is 10.8. The molecule has 0 saturated carbocycles. The molecule has 1 N–H and O–H groups in total. The number of halogens is 1. The molecule has 32 heavy (non-hydrogen) atoms. The highest BCUT2D eigenvalue weighted by Crippen LogP contribution is 2.35. The maximum absolute atomic E-state index is 13.4. The van der Waals surface area contributed by atoms with Gasteiger partial charge in [0.05, 0.1) is 12.1 Å². The minimum absolute atomic E-state index is 0.115. The van der Waals surface area contributed by atoms with Crippen LogP contribution in [0.15, 0.2) is 72.4 Å². The van der Waals surface area contributed by atoms with Gasteiger partial charge < -0.3 is 14.8 Å². The highest BCUT2D eigenvalue weighted by Gasteiger charge is 2.39. The van der Waals surface area contributed by atoms with Gasteiger partial charge in [-0.25, -0.2) is 0 Å². The van der Waals surface area contributed by atoms with Crippen molar-refractivity contribution in [2.75, 3.05) is 12.1 Å². The molecule has 7 heteroatoms. The maximum atomic E-state index is 13.4. The zero-order valence-corrected chi connectivity index (χ0v) is 18.0. The van der Waals surface area contributed by atoms with E-state index in [-0.39, 0.29) is 24.9 Å². The summed E-state index contributed by atoms with van der Waals surface area (Å²) in [5.41, 5.74) is 3.57. The fourth-order valence-electron chi connectivity index (χ4n) is 3.79. The summed E-state index contributed by atoms with van der Waals surface area (Å²) in [4.78, 5) is 28.1. The first-order valence-electron chi connectivity index (χ1n) is 10.1. The van der Waals surface area contributed by atoms with Crippen LogP contribution in [-0.4, -0.2) is 23.5 Å². The Morgan fingerprint density at radius 2 is 1.72 bits per heavy atom. The summed E-state index contributed by atoms with van der Waals surface area (Å²) >= 11 is 6.16. The average Bonchev–Trinajstić information content (AvgIpc) is 3.35. The van der Waals surface area contributed by atoms with Crippen LogP contribution in [0.3, 0.4) is 0 Å². The Labute approximate surface area is 190 Å². The SMILES string of the molecule is Cc1ccc(Cl)cc1NC1=C(c2ccccc2)C(=O)N(Cc2ccc3c(c2)OCO3)C1=O. The second-order valence-corrected chi connectivity index (χ2v) is 8.02. The number of fused-ring (bicyclic) bond motifs is 1. The lowest BCUT2D eigenvalue weighted by Gasteiger charge is -2.16. The van der Waals surface area contributed by atoms with Gasteiger partial charge in [-0.05, 0) is 47.9 Å². The van der Waals surface area contributed by atoms with Crippen LogP contribution < -0.4 is 14.8 Å². The molecule has 0 radical (unpaired) electrons. The molecule has 2 heterocycles. The number of hydrogen-bond acceptors (Lipinski definition) is 5. The lowest BCUT2D eigenvalue weighted by Crippen LogP contribution is -2.32. The lowest BCUT2D eigenvalue weighted by atomic mass is 10.0. The number of nitrogens with one attached hydrogen (secondary N) is 1. The molecule has 6 nitrogen and oxygen atoms in total. The third-order valence-electron chi connectivity index (χ3n) is 5.47. The zero-order valence-electron chi connectivity index (χ0n) is 17.2. The smallest absolute Gasteiger partial charge is 0.278 e. The molecule has 0 spiro atoms. The average molecular weight is 447 g/mol.